The van der Waals surface area contributed by atoms with Crippen molar-refractivity contribution in [2.45, 2.75) is 6.92 Å². The van der Waals surface area contributed by atoms with Crippen LogP contribution in [0.5, 0.6) is 0 Å². The van der Waals surface area contributed by atoms with E-state index in [2.05, 4.69) is 0 Å². The Morgan fingerprint density at radius 1 is 1.33 bits per heavy atom. The summed E-state index contributed by atoms with van der Waals surface area (Å²) >= 11 is 7.41. The zero-order valence-corrected chi connectivity index (χ0v) is 9.73. The van der Waals surface area contributed by atoms with Crippen molar-refractivity contribution in [3.63, 3.8) is 0 Å². The molecule has 0 spiro atoms. The van der Waals surface area contributed by atoms with Crippen molar-refractivity contribution in [3.8, 4) is 0 Å². The van der Waals surface area contributed by atoms with Gasteiger partial charge in [-0.05, 0) is 30.0 Å². The summed E-state index contributed by atoms with van der Waals surface area (Å²) in [7, 11) is 0. The van der Waals surface area contributed by atoms with Crippen molar-refractivity contribution in [2.75, 3.05) is 0 Å². The molecule has 0 radical (unpaired) electrons. The van der Waals surface area contributed by atoms with E-state index in [9.17, 15) is 4.79 Å². The molecular weight excluding hydrogens is 228 g/mol. The third kappa shape index (κ3) is 2.11. The summed E-state index contributed by atoms with van der Waals surface area (Å²) in [5, 5.41) is 2.53. The van der Waals surface area contributed by atoms with Gasteiger partial charge in [0.25, 0.3) is 0 Å². The van der Waals surface area contributed by atoms with E-state index >= 15 is 0 Å². The number of aryl methyl sites for hydroxylation is 1. The van der Waals surface area contributed by atoms with Crippen molar-refractivity contribution in [2.24, 2.45) is 0 Å². The Kier molecular flexibility index (Phi) is 2.89. The van der Waals surface area contributed by atoms with Crippen LogP contribution in [0.2, 0.25) is 5.02 Å². The van der Waals surface area contributed by atoms with E-state index in [0.717, 1.165) is 10.4 Å². The first-order valence-electron chi connectivity index (χ1n) is 4.53. The van der Waals surface area contributed by atoms with Gasteiger partial charge in [-0.15, -0.1) is 11.3 Å². The molecule has 2 rings (SSSR count). The van der Waals surface area contributed by atoms with Gasteiger partial charge in [0.1, 0.15) is 0 Å². The Labute approximate surface area is 97.3 Å². The van der Waals surface area contributed by atoms with Crippen LogP contribution in [0.3, 0.4) is 0 Å². The van der Waals surface area contributed by atoms with Crippen LogP contribution in [0.15, 0.2) is 35.7 Å². The molecule has 0 saturated carbocycles. The predicted octanol–water partition coefficient (Wildman–Crippen LogP) is 3.94. The number of carbonyl (C=O) groups excluding carboxylic acids is 1. The first-order valence-corrected chi connectivity index (χ1v) is 5.78. The highest BCUT2D eigenvalue weighted by atomic mass is 35.5. The molecule has 1 aromatic carbocycles. The molecule has 0 amide bonds. The molecule has 0 aliphatic carbocycles. The fourth-order valence-corrected chi connectivity index (χ4v) is 2.15. The highest BCUT2D eigenvalue weighted by Crippen LogP contribution is 2.20. The molecular formula is C12H9ClOS. The lowest BCUT2D eigenvalue weighted by Gasteiger charge is -2.01. The zero-order chi connectivity index (χ0) is 10.8. The largest absolute Gasteiger partial charge is 0.288 e. The van der Waals surface area contributed by atoms with E-state index in [4.69, 9.17) is 11.6 Å². The molecule has 1 heterocycles. The van der Waals surface area contributed by atoms with Crippen molar-refractivity contribution >= 4 is 28.7 Å². The minimum atomic E-state index is 0.0342. The van der Waals surface area contributed by atoms with Gasteiger partial charge in [-0.3, -0.25) is 4.79 Å². The third-order valence-corrected chi connectivity index (χ3v) is 3.45. The molecule has 3 heteroatoms. The number of carbonyl (C=O) groups is 1. The summed E-state index contributed by atoms with van der Waals surface area (Å²) in [6.07, 6.45) is 0. The quantitative estimate of drug-likeness (QED) is 0.722. The minimum Gasteiger partial charge on any atom is -0.288 e. The first-order chi connectivity index (χ1) is 7.18. The van der Waals surface area contributed by atoms with Gasteiger partial charge in [0.2, 0.25) is 5.78 Å². The molecule has 76 valence electrons. The smallest absolute Gasteiger partial charge is 0.202 e. The molecule has 0 unspecified atom stereocenters. The summed E-state index contributed by atoms with van der Waals surface area (Å²) < 4.78 is 0. The summed E-state index contributed by atoms with van der Waals surface area (Å²) in [6, 6.07) is 9.08. The summed E-state index contributed by atoms with van der Waals surface area (Å²) in [5.41, 5.74) is 1.63. The van der Waals surface area contributed by atoms with Crippen molar-refractivity contribution in [1.82, 2.24) is 0 Å². The summed E-state index contributed by atoms with van der Waals surface area (Å²) in [6.45, 7) is 1.92. The molecule has 0 bridgehead atoms. The van der Waals surface area contributed by atoms with Crippen LogP contribution in [0.1, 0.15) is 20.8 Å². The van der Waals surface area contributed by atoms with Crippen molar-refractivity contribution in [1.29, 1.82) is 0 Å². The maximum atomic E-state index is 11.9. The Morgan fingerprint density at radius 3 is 2.73 bits per heavy atom. The Bertz CT molecular complexity index is 488. The number of halogens is 1. The Hall–Kier alpha value is -1.12. The third-order valence-electron chi connectivity index (χ3n) is 2.18. The monoisotopic (exact) mass is 236 g/mol. The molecule has 2 aromatic rings. The molecule has 0 aliphatic rings. The average molecular weight is 237 g/mol. The van der Waals surface area contributed by atoms with E-state index in [1.807, 2.05) is 36.6 Å². The first kappa shape index (κ1) is 10.4. The number of benzene rings is 1. The van der Waals surface area contributed by atoms with Crippen LogP contribution in [0, 0.1) is 6.92 Å². The zero-order valence-electron chi connectivity index (χ0n) is 8.16. The molecule has 0 fully saturated rings. The van der Waals surface area contributed by atoms with Gasteiger partial charge in [-0.2, -0.15) is 0 Å². The van der Waals surface area contributed by atoms with E-state index in [0.29, 0.717) is 10.6 Å². The van der Waals surface area contributed by atoms with Gasteiger partial charge < -0.3 is 0 Å². The molecule has 1 nitrogen and oxygen atoms in total. The highest BCUT2D eigenvalue weighted by Gasteiger charge is 2.10. The Morgan fingerprint density at radius 2 is 2.13 bits per heavy atom. The van der Waals surface area contributed by atoms with Gasteiger partial charge >= 0.3 is 0 Å². The number of rotatable bonds is 2. The number of hydrogen-bond donors (Lipinski definition) is 0. The van der Waals surface area contributed by atoms with Gasteiger partial charge in [0.15, 0.2) is 0 Å². The van der Waals surface area contributed by atoms with Crippen LogP contribution in [0.25, 0.3) is 0 Å². The fourth-order valence-electron chi connectivity index (χ4n) is 1.28. The van der Waals surface area contributed by atoms with Crippen molar-refractivity contribution in [3.05, 3.63) is 56.7 Å². The van der Waals surface area contributed by atoms with Gasteiger partial charge in [-0.25, -0.2) is 0 Å². The average Bonchev–Trinajstić information content (AvgIpc) is 2.74. The predicted molar refractivity (Wildman–Crippen MR) is 63.9 cm³/mol. The van der Waals surface area contributed by atoms with Crippen LogP contribution < -0.4 is 0 Å². The molecule has 0 atom stereocenters. The van der Waals surface area contributed by atoms with E-state index in [1.165, 1.54) is 11.3 Å². The molecule has 15 heavy (non-hydrogen) atoms. The lowest BCUT2D eigenvalue weighted by atomic mass is 10.1. The topological polar surface area (TPSA) is 17.1 Å². The van der Waals surface area contributed by atoms with Crippen LogP contribution in [-0.4, -0.2) is 5.78 Å². The second kappa shape index (κ2) is 4.17. The van der Waals surface area contributed by atoms with Gasteiger partial charge in [-0.1, -0.05) is 29.8 Å². The SMILES string of the molecule is Cc1ccc(C(=O)c2cccs2)cc1Cl. The standard InChI is InChI=1S/C12H9ClOS/c1-8-4-5-9(7-10(8)13)12(14)11-3-2-6-15-11/h2-7H,1H3. The maximum Gasteiger partial charge on any atom is 0.202 e. The maximum absolute atomic E-state index is 11.9. The van der Waals surface area contributed by atoms with E-state index < -0.39 is 0 Å². The van der Waals surface area contributed by atoms with Gasteiger partial charge in [0, 0.05) is 10.6 Å². The fraction of sp³-hybridized carbons (Fsp3) is 0.0833. The molecule has 0 N–H and O–H groups in total. The number of ketones is 1. The van der Waals surface area contributed by atoms with Crippen LogP contribution >= 0.6 is 22.9 Å². The van der Waals surface area contributed by atoms with E-state index in [-0.39, 0.29) is 5.78 Å². The Balaban J connectivity index is 2.39. The molecule has 0 aliphatic heterocycles. The van der Waals surface area contributed by atoms with Crippen LogP contribution in [0.4, 0.5) is 0 Å². The van der Waals surface area contributed by atoms with Crippen molar-refractivity contribution < 1.29 is 4.79 Å². The summed E-state index contributed by atoms with van der Waals surface area (Å²) in [5.74, 6) is 0.0342. The van der Waals surface area contributed by atoms with Gasteiger partial charge in [0.05, 0.1) is 4.88 Å². The number of hydrogen-bond acceptors (Lipinski definition) is 2. The second-order valence-corrected chi connectivity index (χ2v) is 4.63. The molecule has 1 aromatic heterocycles. The minimum absolute atomic E-state index is 0.0342. The second-order valence-electron chi connectivity index (χ2n) is 3.27. The molecule has 0 saturated heterocycles. The lowest BCUT2D eigenvalue weighted by molar-refractivity contribution is 0.104. The lowest BCUT2D eigenvalue weighted by Crippen LogP contribution is -1.98. The number of thiophene rings is 1. The highest BCUT2D eigenvalue weighted by molar-refractivity contribution is 7.12. The normalized spacial score (nSPS) is 10.3. The van der Waals surface area contributed by atoms with E-state index in [1.54, 1.807) is 6.07 Å². The summed E-state index contributed by atoms with van der Waals surface area (Å²) in [4.78, 5) is 12.7. The van der Waals surface area contributed by atoms with Crippen LogP contribution in [-0.2, 0) is 0 Å².